The van der Waals surface area contributed by atoms with Crippen molar-refractivity contribution in [3.05, 3.63) is 35.2 Å². The van der Waals surface area contributed by atoms with Crippen LogP contribution in [0.4, 0.5) is 0 Å². The van der Waals surface area contributed by atoms with Crippen LogP contribution in [0.15, 0.2) is 27.8 Å². The predicted octanol–water partition coefficient (Wildman–Crippen LogP) is 4.30. The van der Waals surface area contributed by atoms with Crippen LogP contribution in [0.1, 0.15) is 50.1 Å². The highest BCUT2D eigenvalue weighted by molar-refractivity contribution is 7.99. The molecular weight excluding hydrogens is 374 g/mol. The summed E-state index contributed by atoms with van der Waals surface area (Å²) in [5.41, 5.74) is 2.19. The monoisotopic (exact) mass is 403 g/mol. The quantitative estimate of drug-likeness (QED) is 0.695. The number of rotatable bonds is 7. The zero-order valence-electron chi connectivity index (χ0n) is 17.0. The van der Waals surface area contributed by atoms with E-state index in [1.807, 2.05) is 32.0 Å². The van der Waals surface area contributed by atoms with Crippen LogP contribution < -0.4 is 10.1 Å². The summed E-state index contributed by atoms with van der Waals surface area (Å²) < 4.78 is 11.4. The van der Waals surface area contributed by atoms with Gasteiger partial charge in [-0.15, -0.1) is 10.2 Å². The largest absolute Gasteiger partial charge is 0.484 e. The lowest BCUT2D eigenvalue weighted by molar-refractivity contribution is -0.120. The average molecular weight is 404 g/mol. The summed E-state index contributed by atoms with van der Waals surface area (Å²) in [6, 6.07) is 6.31. The zero-order valence-corrected chi connectivity index (χ0v) is 17.8. The molecule has 1 aliphatic carbocycles. The van der Waals surface area contributed by atoms with Gasteiger partial charge in [0.2, 0.25) is 5.91 Å². The number of carbonyl (C=O) groups excluding carboxylic acids is 1. The van der Waals surface area contributed by atoms with E-state index in [-0.39, 0.29) is 24.3 Å². The first-order chi connectivity index (χ1) is 13.4. The Kier molecular flexibility index (Phi) is 6.99. The number of aryl methyl sites for hydroxylation is 2. The standard InChI is InChI=1S/C21H29N3O3S/c1-13-8-9-15(3)18(10-13)26-11-20-23-24-21(27-20)28-12-19(25)22-17-7-5-6-14(2)16(17)4/h8-10,14,16-17H,5-7,11-12H2,1-4H3,(H,22,25). The molecule has 1 aromatic carbocycles. The maximum absolute atomic E-state index is 12.3. The molecule has 1 aromatic heterocycles. The summed E-state index contributed by atoms with van der Waals surface area (Å²) >= 11 is 1.26. The number of ether oxygens (including phenoxy) is 1. The lowest BCUT2D eigenvalue weighted by Crippen LogP contribution is -2.44. The van der Waals surface area contributed by atoms with Gasteiger partial charge in [0.15, 0.2) is 6.61 Å². The van der Waals surface area contributed by atoms with E-state index in [0.717, 1.165) is 23.3 Å². The second kappa shape index (κ2) is 9.45. The maximum atomic E-state index is 12.3. The van der Waals surface area contributed by atoms with Crippen molar-refractivity contribution in [1.82, 2.24) is 15.5 Å². The molecule has 3 unspecified atom stereocenters. The van der Waals surface area contributed by atoms with Crippen molar-refractivity contribution in [3.63, 3.8) is 0 Å². The van der Waals surface area contributed by atoms with Crippen LogP contribution in [-0.4, -0.2) is 27.9 Å². The third-order valence-corrected chi connectivity index (χ3v) is 6.34. The highest BCUT2D eigenvalue weighted by Crippen LogP contribution is 2.29. The summed E-state index contributed by atoms with van der Waals surface area (Å²) in [5, 5.41) is 11.6. The van der Waals surface area contributed by atoms with E-state index < -0.39 is 0 Å². The summed E-state index contributed by atoms with van der Waals surface area (Å²) in [7, 11) is 0. The van der Waals surface area contributed by atoms with E-state index >= 15 is 0 Å². The van der Waals surface area contributed by atoms with Gasteiger partial charge in [-0.25, -0.2) is 0 Å². The Morgan fingerprint density at radius 3 is 2.93 bits per heavy atom. The molecule has 0 aliphatic heterocycles. The van der Waals surface area contributed by atoms with Gasteiger partial charge in [0.1, 0.15) is 5.75 Å². The van der Waals surface area contributed by atoms with Gasteiger partial charge in [-0.3, -0.25) is 4.79 Å². The number of nitrogens with one attached hydrogen (secondary N) is 1. The zero-order chi connectivity index (χ0) is 20.1. The van der Waals surface area contributed by atoms with E-state index in [2.05, 4.69) is 29.4 Å². The Balaban J connectivity index is 1.45. The lowest BCUT2D eigenvalue weighted by Gasteiger charge is -2.34. The molecule has 152 valence electrons. The van der Waals surface area contributed by atoms with E-state index in [0.29, 0.717) is 22.9 Å². The molecule has 1 amide bonds. The number of hydrogen-bond donors (Lipinski definition) is 1. The molecule has 2 aromatic rings. The van der Waals surface area contributed by atoms with Crippen LogP contribution >= 0.6 is 11.8 Å². The number of aromatic nitrogens is 2. The molecule has 7 heteroatoms. The van der Waals surface area contributed by atoms with E-state index in [1.165, 1.54) is 24.6 Å². The SMILES string of the molecule is Cc1ccc(C)c(OCc2nnc(SCC(=O)NC3CCCC(C)C3C)o2)c1. The van der Waals surface area contributed by atoms with E-state index in [1.54, 1.807) is 0 Å². The van der Waals surface area contributed by atoms with Gasteiger partial charge in [0.25, 0.3) is 11.1 Å². The second-order valence-corrected chi connectivity index (χ2v) is 8.68. The van der Waals surface area contributed by atoms with Crippen molar-refractivity contribution in [2.45, 2.75) is 64.8 Å². The third kappa shape index (κ3) is 5.50. The Morgan fingerprint density at radius 2 is 2.11 bits per heavy atom. The van der Waals surface area contributed by atoms with Gasteiger partial charge in [-0.05, 0) is 49.3 Å². The molecule has 6 nitrogen and oxygen atoms in total. The number of benzene rings is 1. The number of nitrogens with zero attached hydrogens (tertiary/aromatic N) is 2. The number of carbonyl (C=O) groups is 1. The molecule has 1 N–H and O–H groups in total. The maximum Gasteiger partial charge on any atom is 0.277 e. The van der Waals surface area contributed by atoms with Crippen molar-refractivity contribution >= 4 is 17.7 Å². The summed E-state index contributed by atoms with van der Waals surface area (Å²) in [4.78, 5) is 12.3. The first kappa shape index (κ1) is 20.7. The number of amides is 1. The second-order valence-electron chi connectivity index (χ2n) is 7.75. The molecule has 1 aliphatic rings. The van der Waals surface area contributed by atoms with Crippen LogP contribution in [0.5, 0.6) is 5.75 Å². The van der Waals surface area contributed by atoms with Gasteiger partial charge in [0.05, 0.1) is 5.75 Å². The van der Waals surface area contributed by atoms with Crippen LogP contribution in [-0.2, 0) is 11.4 Å². The van der Waals surface area contributed by atoms with Gasteiger partial charge in [0, 0.05) is 6.04 Å². The van der Waals surface area contributed by atoms with Gasteiger partial charge in [-0.1, -0.05) is 50.6 Å². The van der Waals surface area contributed by atoms with Gasteiger partial charge < -0.3 is 14.5 Å². The highest BCUT2D eigenvalue weighted by atomic mass is 32.2. The average Bonchev–Trinajstić information content (AvgIpc) is 3.12. The van der Waals surface area contributed by atoms with Crippen LogP contribution in [0, 0.1) is 25.7 Å². The Hall–Kier alpha value is -2.02. The first-order valence-corrected chi connectivity index (χ1v) is 10.9. The number of thioether (sulfide) groups is 1. The predicted molar refractivity (Wildman–Crippen MR) is 109 cm³/mol. The van der Waals surface area contributed by atoms with Crippen molar-refractivity contribution in [1.29, 1.82) is 0 Å². The lowest BCUT2D eigenvalue weighted by atomic mass is 9.78. The van der Waals surface area contributed by atoms with Gasteiger partial charge >= 0.3 is 0 Å². The topological polar surface area (TPSA) is 77.2 Å². The van der Waals surface area contributed by atoms with Crippen molar-refractivity contribution in [2.75, 3.05) is 5.75 Å². The molecule has 1 heterocycles. The molecule has 0 bridgehead atoms. The molecular formula is C21H29N3O3S. The smallest absolute Gasteiger partial charge is 0.277 e. The molecule has 0 radical (unpaired) electrons. The van der Waals surface area contributed by atoms with Crippen molar-refractivity contribution in [2.24, 2.45) is 11.8 Å². The van der Waals surface area contributed by atoms with Gasteiger partial charge in [-0.2, -0.15) is 0 Å². The van der Waals surface area contributed by atoms with Crippen LogP contribution in [0.25, 0.3) is 0 Å². The Labute approximate surface area is 170 Å². The summed E-state index contributed by atoms with van der Waals surface area (Å²) in [6.45, 7) is 8.71. The fourth-order valence-corrected chi connectivity index (χ4v) is 4.11. The minimum atomic E-state index is 0.0161. The van der Waals surface area contributed by atoms with Crippen LogP contribution in [0.2, 0.25) is 0 Å². The molecule has 1 saturated carbocycles. The molecule has 0 saturated heterocycles. The van der Waals surface area contributed by atoms with E-state index in [9.17, 15) is 4.79 Å². The van der Waals surface area contributed by atoms with Crippen molar-refractivity contribution < 1.29 is 13.9 Å². The normalized spacial score (nSPS) is 22.1. The molecule has 3 atom stereocenters. The fraction of sp³-hybridized carbons (Fsp3) is 0.571. The first-order valence-electron chi connectivity index (χ1n) is 9.87. The minimum Gasteiger partial charge on any atom is -0.484 e. The molecule has 3 rings (SSSR count). The summed E-state index contributed by atoms with van der Waals surface area (Å²) in [6.07, 6.45) is 3.48. The molecule has 28 heavy (non-hydrogen) atoms. The summed E-state index contributed by atoms with van der Waals surface area (Å²) in [5.74, 6) is 2.67. The molecule has 1 fully saturated rings. The number of hydrogen-bond acceptors (Lipinski definition) is 6. The van der Waals surface area contributed by atoms with Crippen molar-refractivity contribution in [3.8, 4) is 5.75 Å². The van der Waals surface area contributed by atoms with E-state index in [4.69, 9.17) is 9.15 Å². The highest BCUT2D eigenvalue weighted by Gasteiger charge is 2.28. The van der Waals surface area contributed by atoms with Crippen LogP contribution in [0.3, 0.4) is 0 Å². The third-order valence-electron chi connectivity index (χ3n) is 5.52. The fourth-order valence-electron chi connectivity index (χ4n) is 3.52. The Morgan fingerprint density at radius 1 is 1.29 bits per heavy atom. The minimum absolute atomic E-state index is 0.0161. The Bertz CT molecular complexity index is 808. The molecule has 0 spiro atoms.